The van der Waals surface area contributed by atoms with Crippen LogP contribution in [-0.4, -0.2) is 35.1 Å². The molecule has 0 saturated heterocycles. The Hall–Kier alpha value is -2.37. The third kappa shape index (κ3) is 4.59. The second-order valence-corrected chi connectivity index (χ2v) is 4.65. The van der Waals surface area contributed by atoms with Gasteiger partial charge in [-0.2, -0.15) is 5.26 Å². The molecule has 0 fully saturated rings. The monoisotopic (exact) mass is 288 g/mol. The fraction of sp³-hybridized carbons (Fsp3) is 0.375. The second-order valence-electron chi connectivity index (χ2n) is 4.65. The topological polar surface area (TPSA) is 64.3 Å². The van der Waals surface area contributed by atoms with Crippen molar-refractivity contribution in [2.24, 2.45) is 0 Å². The quantitative estimate of drug-likeness (QED) is 0.861. The number of benzene rings is 1. The molecule has 0 saturated carbocycles. The number of amides is 1. The number of nitrogens with zero attached hydrogens (tertiary/aromatic N) is 2. The number of aliphatic hydroxyl groups is 1. The summed E-state index contributed by atoms with van der Waals surface area (Å²) < 4.78 is 13.3. The summed E-state index contributed by atoms with van der Waals surface area (Å²) in [7, 11) is 0. The molecule has 0 unspecified atom stereocenters. The number of halogens is 1. The summed E-state index contributed by atoms with van der Waals surface area (Å²) in [5, 5.41) is 17.4. The smallest absolute Gasteiger partial charge is 0.255 e. The molecule has 4 nitrogen and oxygen atoms in total. The molecule has 5 heteroatoms. The van der Waals surface area contributed by atoms with Gasteiger partial charge in [-0.05, 0) is 32.0 Å². The number of nitriles is 1. The van der Waals surface area contributed by atoms with E-state index in [0.717, 1.165) is 0 Å². The number of rotatable bonds is 4. The first-order valence-corrected chi connectivity index (χ1v) is 6.58. The molecule has 1 N–H and O–H groups in total. The zero-order valence-corrected chi connectivity index (χ0v) is 12.1. The van der Waals surface area contributed by atoms with Gasteiger partial charge in [0.2, 0.25) is 0 Å². The van der Waals surface area contributed by atoms with Crippen LogP contribution in [0.4, 0.5) is 4.39 Å². The zero-order chi connectivity index (χ0) is 15.8. The average molecular weight is 288 g/mol. The molecular formula is C16H17FN2O2. The summed E-state index contributed by atoms with van der Waals surface area (Å²) in [4.78, 5) is 14.1. The van der Waals surface area contributed by atoms with Crippen LogP contribution in [0.3, 0.4) is 0 Å². The van der Waals surface area contributed by atoms with Crippen LogP contribution >= 0.6 is 0 Å². The molecule has 1 aromatic rings. The van der Waals surface area contributed by atoms with Gasteiger partial charge in [-0.3, -0.25) is 4.79 Å². The van der Waals surface area contributed by atoms with Crippen LogP contribution < -0.4 is 0 Å². The van der Waals surface area contributed by atoms with Crippen molar-refractivity contribution in [1.29, 1.82) is 5.26 Å². The molecule has 0 radical (unpaired) electrons. The SMILES string of the molecule is CC(C)N(CCC#N)C(=O)c1ccc(F)cc1C#CCO. The fourth-order valence-electron chi connectivity index (χ4n) is 1.86. The molecule has 110 valence electrons. The molecule has 0 aromatic heterocycles. The van der Waals surface area contributed by atoms with Crippen LogP contribution in [0.15, 0.2) is 18.2 Å². The Kier molecular flexibility index (Phi) is 6.39. The lowest BCUT2D eigenvalue weighted by molar-refractivity contribution is 0.0710. The highest BCUT2D eigenvalue weighted by Crippen LogP contribution is 2.15. The zero-order valence-electron chi connectivity index (χ0n) is 12.1. The standard InChI is InChI=1S/C16H17FN2O2/c1-12(2)19(9-4-8-18)16(21)15-7-6-14(17)11-13(15)5-3-10-20/h6-7,11-12,20H,4,9-10H2,1-2H3. The number of carbonyl (C=O) groups excluding carboxylic acids is 1. The lowest BCUT2D eigenvalue weighted by Gasteiger charge is -2.26. The Morgan fingerprint density at radius 1 is 1.48 bits per heavy atom. The molecule has 0 aliphatic carbocycles. The summed E-state index contributed by atoms with van der Waals surface area (Å²) in [6.45, 7) is 3.62. The third-order valence-corrected chi connectivity index (χ3v) is 2.86. The van der Waals surface area contributed by atoms with Gasteiger partial charge in [0, 0.05) is 18.2 Å². The summed E-state index contributed by atoms with van der Waals surface area (Å²) in [6.07, 6.45) is 0.225. The minimum atomic E-state index is -0.498. The van der Waals surface area contributed by atoms with E-state index < -0.39 is 5.82 Å². The van der Waals surface area contributed by atoms with Crippen LogP contribution in [0.5, 0.6) is 0 Å². The molecule has 0 aliphatic rings. The van der Waals surface area contributed by atoms with E-state index in [1.165, 1.54) is 18.2 Å². The summed E-state index contributed by atoms with van der Waals surface area (Å²) >= 11 is 0. The van der Waals surface area contributed by atoms with Crippen molar-refractivity contribution in [3.05, 3.63) is 35.1 Å². The van der Waals surface area contributed by atoms with Crippen LogP contribution in [0.1, 0.15) is 36.2 Å². The number of hydrogen-bond acceptors (Lipinski definition) is 3. The summed E-state index contributed by atoms with van der Waals surface area (Å²) in [6, 6.07) is 5.65. The predicted molar refractivity (Wildman–Crippen MR) is 76.8 cm³/mol. The molecule has 1 rings (SSSR count). The Labute approximate surface area is 123 Å². The summed E-state index contributed by atoms with van der Waals surface area (Å²) in [5.74, 6) is 4.19. The third-order valence-electron chi connectivity index (χ3n) is 2.86. The largest absolute Gasteiger partial charge is 0.384 e. The van der Waals surface area contributed by atoms with Gasteiger partial charge >= 0.3 is 0 Å². The van der Waals surface area contributed by atoms with Crippen LogP contribution in [0.2, 0.25) is 0 Å². The minimum absolute atomic E-state index is 0.0884. The molecule has 0 heterocycles. The molecule has 21 heavy (non-hydrogen) atoms. The number of hydrogen-bond donors (Lipinski definition) is 1. The van der Waals surface area contributed by atoms with Crippen molar-refractivity contribution in [3.8, 4) is 17.9 Å². The van der Waals surface area contributed by atoms with Gasteiger partial charge in [-0.1, -0.05) is 11.8 Å². The van der Waals surface area contributed by atoms with E-state index in [1.807, 2.05) is 19.9 Å². The second kappa shape index (κ2) is 8.04. The van der Waals surface area contributed by atoms with Gasteiger partial charge in [0.05, 0.1) is 18.1 Å². The van der Waals surface area contributed by atoms with E-state index in [1.54, 1.807) is 4.90 Å². The van der Waals surface area contributed by atoms with Crippen molar-refractivity contribution in [1.82, 2.24) is 4.90 Å². The molecule has 1 amide bonds. The molecule has 0 bridgehead atoms. The van der Waals surface area contributed by atoms with Gasteiger partial charge in [0.15, 0.2) is 0 Å². The first-order chi connectivity index (χ1) is 10.0. The first kappa shape index (κ1) is 16.7. The molecule has 0 atom stereocenters. The maximum absolute atomic E-state index is 13.3. The van der Waals surface area contributed by atoms with Crippen LogP contribution in [0.25, 0.3) is 0 Å². The van der Waals surface area contributed by atoms with E-state index in [4.69, 9.17) is 10.4 Å². The molecule has 1 aromatic carbocycles. The van der Waals surface area contributed by atoms with E-state index in [-0.39, 0.29) is 36.1 Å². The molecule has 0 aliphatic heterocycles. The predicted octanol–water partition coefficient (Wildman–Crippen LogP) is 1.93. The highest BCUT2D eigenvalue weighted by molar-refractivity contribution is 5.97. The van der Waals surface area contributed by atoms with Gasteiger partial charge in [-0.25, -0.2) is 4.39 Å². The lowest BCUT2D eigenvalue weighted by atomic mass is 10.1. The van der Waals surface area contributed by atoms with Crippen molar-refractivity contribution >= 4 is 5.91 Å². The van der Waals surface area contributed by atoms with E-state index in [9.17, 15) is 9.18 Å². The van der Waals surface area contributed by atoms with Crippen LogP contribution in [0, 0.1) is 29.0 Å². The Morgan fingerprint density at radius 2 is 2.19 bits per heavy atom. The van der Waals surface area contributed by atoms with Gasteiger partial charge < -0.3 is 10.0 Å². The molecular weight excluding hydrogens is 271 g/mol. The maximum atomic E-state index is 13.3. The highest BCUT2D eigenvalue weighted by atomic mass is 19.1. The average Bonchev–Trinajstić information content (AvgIpc) is 2.45. The Bertz CT molecular complexity index is 609. The van der Waals surface area contributed by atoms with Crippen molar-refractivity contribution < 1.29 is 14.3 Å². The van der Waals surface area contributed by atoms with Crippen molar-refractivity contribution in [2.75, 3.05) is 13.2 Å². The highest BCUT2D eigenvalue weighted by Gasteiger charge is 2.20. The van der Waals surface area contributed by atoms with Gasteiger partial charge in [0.1, 0.15) is 12.4 Å². The molecule has 0 spiro atoms. The van der Waals surface area contributed by atoms with Crippen molar-refractivity contribution in [3.63, 3.8) is 0 Å². The number of aliphatic hydroxyl groups excluding tert-OH is 1. The Morgan fingerprint density at radius 3 is 2.76 bits per heavy atom. The van der Waals surface area contributed by atoms with Gasteiger partial charge in [-0.15, -0.1) is 0 Å². The minimum Gasteiger partial charge on any atom is -0.384 e. The normalized spacial score (nSPS) is 9.71. The fourth-order valence-corrected chi connectivity index (χ4v) is 1.86. The van der Waals surface area contributed by atoms with E-state index >= 15 is 0 Å². The number of carbonyl (C=O) groups is 1. The van der Waals surface area contributed by atoms with E-state index in [2.05, 4.69) is 11.8 Å². The van der Waals surface area contributed by atoms with Crippen LogP contribution in [-0.2, 0) is 0 Å². The summed E-state index contributed by atoms with van der Waals surface area (Å²) in [5.41, 5.74) is 0.501. The first-order valence-electron chi connectivity index (χ1n) is 6.58. The lowest BCUT2D eigenvalue weighted by Crippen LogP contribution is -2.38. The maximum Gasteiger partial charge on any atom is 0.255 e. The Balaban J connectivity index is 3.18. The van der Waals surface area contributed by atoms with E-state index in [0.29, 0.717) is 6.54 Å². The van der Waals surface area contributed by atoms with Crippen molar-refractivity contribution in [2.45, 2.75) is 26.3 Å². The van der Waals surface area contributed by atoms with Gasteiger partial charge in [0.25, 0.3) is 5.91 Å².